The fourth-order valence-corrected chi connectivity index (χ4v) is 3.27. The van der Waals surface area contributed by atoms with Crippen LogP contribution in [0.15, 0.2) is 42.5 Å². The van der Waals surface area contributed by atoms with Crippen molar-refractivity contribution in [3.8, 4) is 0 Å². The average molecular weight is 388 g/mol. The van der Waals surface area contributed by atoms with Gasteiger partial charge in [0.25, 0.3) is 11.8 Å². The maximum atomic E-state index is 12.4. The van der Waals surface area contributed by atoms with E-state index in [0.29, 0.717) is 29.4 Å². The number of hydrogen-bond acceptors (Lipinski definition) is 3. The van der Waals surface area contributed by atoms with E-state index >= 15 is 0 Å². The first-order valence-corrected chi connectivity index (χ1v) is 9.08. The monoisotopic (exact) mass is 387 g/mol. The average Bonchev–Trinajstić information content (AvgIpc) is 3.16. The summed E-state index contributed by atoms with van der Waals surface area (Å²) in [6.07, 6.45) is 4.48. The third-order valence-corrected chi connectivity index (χ3v) is 4.88. The molecule has 0 aliphatic heterocycles. The van der Waals surface area contributed by atoms with E-state index in [1.54, 1.807) is 24.3 Å². The number of rotatable bonds is 5. The molecule has 0 heterocycles. The van der Waals surface area contributed by atoms with Gasteiger partial charge in [-0.05, 0) is 61.2 Å². The Morgan fingerprint density at radius 1 is 1.00 bits per heavy atom. The second-order valence-corrected chi connectivity index (χ2v) is 6.84. The van der Waals surface area contributed by atoms with Crippen LogP contribution >= 0.6 is 12.4 Å². The molecule has 2 aromatic rings. The molecule has 4 N–H and O–H groups in total. The van der Waals surface area contributed by atoms with E-state index in [9.17, 15) is 9.59 Å². The second-order valence-electron chi connectivity index (χ2n) is 6.84. The molecule has 2 amide bonds. The highest BCUT2D eigenvalue weighted by Gasteiger charge is 2.18. The van der Waals surface area contributed by atoms with Crippen LogP contribution in [0.5, 0.6) is 0 Å². The topological polar surface area (TPSA) is 84.2 Å². The van der Waals surface area contributed by atoms with Gasteiger partial charge in [0.2, 0.25) is 0 Å². The van der Waals surface area contributed by atoms with E-state index < -0.39 is 0 Å². The Balaban J connectivity index is 0.00000261. The Labute approximate surface area is 166 Å². The largest absolute Gasteiger partial charge is 0.349 e. The number of halogens is 1. The fraction of sp³-hybridized carbons (Fsp3) is 0.333. The van der Waals surface area contributed by atoms with Gasteiger partial charge in [-0.2, -0.15) is 0 Å². The summed E-state index contributed by atoms with van der Waals surface area (Å²) in [5.41, 5.74) is 9.32. The van der Waals surface area contributed by atoms with Crippen molar-refractivity contribution in [1.82, 2.24) is 5.32 Å². The summed E-state index contributed by atoms with van der Waals surface area (Å²) in [6, 6.07) is 12.9. The summed E-state index contributed by atoms with van der Waals surface area (Å²) >= 11 is 0. The van der Waals surface area contributed by atoms with Crippen LogP contribution in [0.2, 0.25) is 0 Å². The molecule has 144 valence electrons. The molecule has 0 saturated heterocycles. The number of nitrogens with two attached hydrogens (primary N) is 1. The highest BCUT2D eigenvalue weighted by molar-refractivity contribution is 6.05. The van der Waals surface area contributed by atoms with Crippen molar-refractivity contribution >= 4 is 29.9 Å². The van der Waals surface area contributed by atoms with Crippen LogP contribution in [0.3, 0.4) is 0 Å². The van der Waals surface area contributed by atoms with Gasteiger partial charge in [-0.3, -0.25) is 9.59 Å². The molecule has 1 aliphatic rings. The number of carbonyl (C=O) groups excluding carboxylic acids is 2. The molecule has 1 saturated carbocycles. The number of anilines is 1. The number of carbonyl (C=O) groups is 2. The van der Waals surface area contributed by atoms with Gasteiger partial charge in [0.15, 0.2) is 0 Å². The minimum atomic E-state index is -0.181. The molecule has 5 nitrogen and oxygen atoms in total. The summed E-state index contributed by atoms with van der Waals surface area (Å²) in [4.78, 5) is 24.8. The van der Waals surface area contributed by atoms with Gasteiger partial charge in [0.1, 0.15) is 0 Å². The molecular weight excluding hydrogens is 362 g/mol. The summed E-state index contributed by atoms with van der Waals surface area (Å²) in [6.45, 7) is 2.34. The molecule has 0 unspecified atom stereocenters. The van der Waals surface area contributed by atoms with Crippen LogP contribution < -0.4 is 16.4 Å². The van der Waals surface area contributed by atoms with E-state index in [2.05, 4.69) is 10.6 Å². The number of aryl methyl sites for hydroxylation is 1. The highest BCUT2D eigenvalue weighted by Crippen LogP contribution is 2.20. The zero-order chi connectivity index (χ0) is 18.5. The van der Waals surface area contributed by atoms with E-state index in [1.165, 1.54) is 12.8 Å². The summed E-state index contributed by atoms with van der Waals surface area (Å²) in [5, 5.41) is 5.98. The lowest BCUT2D eigenvalue weighted by molar-refractivity contribution is 0.0937. The Hall–Kier alpha value is -2.37. The minimum Gasteiger partial charge on any atom is -0.349 e. The van der Waals surface area contributed by atoms with Gasteiger partial charge < -0.3 is 16.4 Å². The number of nitrogens with one attached hydrogen (secondary N) is 2. The predicted octanol–water partition coefficient (Wildman–Crippen LogP) is 3.80. The molecule has 27 heavy (non-hydrogen) atoms. The summed E-state index contributed by atoms with van der Waals surface area (Å²) < 4.78 is 0. The van der Waals surface area contributed by atoms with Gasteiger partial charge in [-0.15, -0.1) is 12.4 Å². The lowest BCUT2D eigenvalue weighted by atomic mass is 10.1. The van der Waals surface area contributed by atoms with Gasteiger partial charge in [-0.1, -0.05) is 25.0 Å². The Bertz CT molecular complexity index is 800. The Kier molecular flexibility index (Phi) is 7.39. The molecule has 1 aliphatic carbocycles. The van der Waals surface area contributed by atoms with Crippen LogP contribution in [0.25, 0.3) is 0 Å². The van der Waals surface area contributed by atoms with Crippen molar-refractivity contribution in [3.63, 3.8) is 0 Å². The highest BCUT2D eigenvalue weighted by atomic mass is 35.5. The van der Waals surface area contributed by atoms with Gasteiger partial charge in [-0.25, -0.2) is 0 Å². The molecule has 0 atom stereocenters. The van der Waals surface area contributed by atoms with Crippen molar-refractivity contribution in [1.29, 1.82) is 0 Å². The quantitative estimate of drug-likeness (QED) is 0.729. The molecule has 6 heteroatoms. The smallest absolute Gasteiger partial charge is 0.255 e. The molecule has 2 aromatic carbocycles. The molecular formula is C21H26ClN3O2. The third kappa shape index (κ3) is 5.31. The van der Waals surface area contributed by atoms with Gasteiger partial charge in [0.05, 0.1) is 0 Å². The van der Waals surface area contributed by atoms with Crippen molar-refractivity contribution in [3.05, 3.63) is 64.7 Å². The molecule has 0 aromatic heterocycles. The number of benzene rings is 2. The van der Waals surface area contributed by atoms with Gasteiger partial charge in [0, 0.05) is 29.4 Å². The lowest BCUT2D eigenvalue weighted by Gasteiger charge is -2.14. The van der Waals surface area contributed by atoms with Crippen molar-refractivity contribution in [2.24, 2.45) is 5.73 Å². The standard InChI is InChI=1S/C21H25N3O2.ClH/c1-14-12-17(21(26)23-18-4-2-3-5-18)10-11-19(14)24-20(25)16-8-6-15(13-22)7-9-16;/h6-12,18H,2-5,13,22H2,1H3,(H,23,26)(H,24,25);1H. The SMILES string of the molecule is Cc1cc(C(=O)NC2CCCC2)ccc1NC(=O)c1ccc(CN)cc1.Cl. The molecule has 1 fully saturated rings. The normalized spacial score (nSPS) is 13.7. The zero-order valence-electron chi connectivity index (χ0n) is 15.5. The first-order chi connectivity index (χ1) is 12.6. The van der Waals surface area contributed by atoms with E-state index in [-0.39, 0.29) is 24.2 Å². The minimum absolute atomic E-state index is 0. The van der Waals surface area contributed by atoms with E-state index in [4.69, 9.17) is 5.73 Å². The Morgan fingerprint density at radius 2 is 1.63 bits per heavy atom. The van der Waals surface area contributed by atoms with Crippen LogP contribution in [0.4, 0.5) is 5.69 Å². The second kappa shape index (κ2) is 9.53. The maximum absolute atomic E-state index is 12.4. The summed E-state index contributed by atoms with van der Waals surface area (Å²) in [7, 11) is 0. The lowest BCUT2D eigenvalue weighted by Crippen LogP contribution is -2.32. The van der Waals surface area contributed by atoms with Crippen LogP contribution in [0, 0.1) is 6.92 Å². The van der Waals surface area contributed by atoms with E-state index in [1.807, 2.05) is 25.1 Å². The maximum Gasteiger partial charge on any atom is 0.255 e. The van der Waals surface area contributed by atoms with Crippen LogP contribution in [0.1, 0.15) is 57.5 Å². The first-order valence-electron chi connectivity index (χ1n) is 9.08. The first kappa shape index (κ1) is 20.9. The fourth-order valence-electron chi connectivity index (χ4n) is 3.27. The van der Waals surface area contributed by atoms with E-state index in [0.717, 1.165) is 24.0 Å². The number of amides is 2. The van der Waals surface area contributed by atoms with Crippen LogP contribution in [-0.4, -0.2) is 17.9 Å². The van der Waals surface area contributed by atoms with Crippen molar-refractivity contribution in [2.45, 2.75) is 45.2 Å². The van der Waals surface area contributed by atoms with Gasteiger partial charge >= 0.3 is 0 Å². The predicted molar refractivity (Wildman–Crippen MR) is 110 cm³/mol. The van der Waals surface area contributed by atoms with Crippen molar-refractivity contribution in [2.75, 3.05) is 5.32 Å². The molecule has 0 spiro atoms. The molecule has 0 radical (unpaired) electrons. The molecule has 3 rings (SSSR count). The number of hydrogen-bond donors (Lipinski definition) is 3. The Morgan fingerprint density at radius 3 is 2.22 bits per heavy atom. The third-order valence-electron chi connectivity index (χ3n) is 4.88. The summed E-state index contributed by atoms with van der Waals surface area (Å²) in [5.74, 6) is -0.227. The molecule has 0 bridgehead atoms. The van der Waals surface area contributed by atoms with Crippen LogP contribution in [-0.2, 0) is 6.54 Å². The zero-order valence-corrected chi connectivity index (χ0v) is 16.3. The van der Waals surface area contributed by atoms with Crippen molar-refractivity contribution < 1.29 is 9.59 Å².